The van der Waals surface area contributed by atoms with Gasteiger partial charge in [0.15, 0.2) is 5.58 Å². The minimum atomic E-state index is -0.927. The van der Waals surface area contributed by atoms with E-state index in [0.717, 1.165) is 0 Å². The molecule has 0 saturated carbocycles. The van der Waals surface area contributed by atoms with Gasteiger partial charge in [0.2, 0.25) is 0 Å². The molecular formula is C15H19N3O4S. The molecule has 7 nitrogen and oxygen atoms in total. The third-order valence-corrected chi connectivity index (χ3v) is 5.98. The predicted octanol–water partition coefficient (Wildman–Crippen LogP) is 1.51. The van der Waals surface area contributed by atoms with Gasteiger partial charge in [-0.15, -0.1) is 0 Å². The first-order chi connectivity index (χ1) is 10.8. The molecule has 1 aliphatic rings. The largest absolute Gasteiger partial charge is 0.419 e. The lowest BCUT2D eigenvalue weighted by atomic mass is 10.2. The van der Waals surface area contributed by atoms with Gasteiger partial charge in [-0.1, -0.05) is 0 Å². The zero-order valence-corrected chi connectivity index (χ0v) is 14.1. The minimum absolute atomic E-state index is 0.243. The molecule has 23 heavy (non-hydrogen) atoms. The quantitative estimate of drug-likeness (QED) is 0.855. The van der Waals surface area contributed by atoms with Gasteiger partial charge in [-0.05, 0) is 26.0 Å². The molecule has 1 aromatic carbocycles. The number of carbonyl (C=O) groups is 1. The third-order valence-electron chi connectivity index (χ3n) is 4.07. The number of benzene rings is 1. The molecule has 1 N–H and O–H groups in total. The molecule has 2 amide bonds. The van der Waals surface area contributed by atoms with E-state index in [2.05, 4.69) is 5.32 Å². The molecule has 3 rings (SSSR count). The van der Waals surface area contributed by atoms with E-state index in [1.54, 1.807) is 30.1 Å². The van der Waals surface area contributed by atoms with Crippen LogP contribution in [0, 0.1) is 0 Å². The molecule has 1 aliphatic heterocycles. The lowest BCUT2D eigenvalue weighted by molar-refractivity contribution is 0.207. The zero-order valence-electron chi connectivity index (χ0n) is 13.3. The molecule has 0 radical (unpaired) electrons. The van der Waals surface area contributed by atoms with Crippen molar-refractivity contribution in [1.82, 2.24) is 9.47 Å². The first-order valence-corrected chi connectivity index (χ1v) is 8.64. The van der Waals surface area contributed by atoms with Crippen molar-refractivity contribution in [2.24, 2.45) is 7.05 Å². The number of fused-ring (bicyclic) bond motifs is 1. The Bertz CT molecular complexity index is 852. The third kappa shape index (κ3) is 2.90. The van der Waals surface area contributed by atoms with Gasteiger partial charge in [-0.3, -0.25) is 8.78 Å². The molecule has 1 atom stereocenters. The Morgan fingerprint density at radius 2 is 2.13 bits per heavy atom. The molecular weight excluding hydrogens is 318 g/mol. The Balaban J connectivity index is 1.78. The predicted molar refractivity (Wildman–Crippen MR) is 89.1 cm³/mol. The van der Waals surface area contributed by atoms with Crippen LogP contribution in [-0.2, 0) is 17.8 Å². The normalized spacial score (nSPS) is 20.7. The summed E-state index contributed by atoms with van der Waals surface area (Å²) in [7, 11) is 0.700. The van der Waals surface area contributed by atoms with Crippen LogP contribution in [0.15, 0.2) is 27.4 Å². The van der Waals surface area contributed by atoms with E-state index in [0.29, 0.717) is 35.6 Å². The minimum Gasteiger partial charge on any atom is -0.408 e. The lowest BCUT2D eigenvalue weighted by Crippen LogP contribution is -2.53. The highest BCUT2D eigenvalue weighted by atomic mass is 32.2. The summed E-state index contributed by atoms with van der Waals surface area (Å²) >= 11 is 0. The standard InChI is InChI=1S/C15H19N3O4S/c1-15(2)9-18(6-7-23(15)21)13(19)16-10-4-5-11-12(8-10)22-14(20)17(11)3/h4-5,8H,6-7,9H2,1-3H3,(H,16,19)/t23-/m1/s1. The number of rotatable bonds is 1. The van der Waals surface area contributed by atoms with Gasteiger partial charge in [0.1, 0.15) is 0 Å². The first-order valence-electron chi connectivity index (χ1n) is 7.32. The van der Waals surface area contributed by atoms with Crippen molar-refractivity contribution in [1.29, 1.82) is 0 Å². The number of nitrogens with one attached hydrogen (secondary N) is 1. The Hall–Kier alpha value is -2.09. The van der Waals surface area contributed by atoms with Gasteiger partial charge in [0, 0.05) is 48.4 Å². The summed E-state index contributed by atoms with van der Waals surface area (Å²) in [4.78, 5) is 25.5. The molecule has 1 aromatic heterocycles. The summed E-state index contributed by atoms with van der Waals surface area (Å²) < 4.78 is 18.0. The molecule has 0 unspecified atom stereocenters. The van der Waals surface area contributed by atoms with Crippen molar-refractivity contribution in [2.45, 2.75) is 18.6 Å². The molecule has 124 valence electrons. The van der Waals surface area contributed by atoms with E-state index in [1.165, 1.54) is 4.57 Å². The Morgan fingerprint density at radius 1 is 1.39 bits per heavy atom. The first kappa shape index (κ1) is 15.8. The number of oxazole rings is 1. The van der Waals surface area contributed by atoms with Crippen molar-refractivity contribution in [3.05, 3.63) is 28.7 Å². The molecule has 8 heteroatoms. The van der Waals surface area contributed by atoms with E-state index in [-0.39, 0.29) is 6.03 Å². The van der Waals surface area contributed by atoms with Gasteiger partial charge in [0.25, 0.3) is 0 Å². The summed E-state index contributed by atoms with van der Waals surface area (Å²) in [5.41, 5.74) is 1.65. The number of hydrogen-bond donors (Lipinski definition) is 1. The summed E-state index contributed by atoms with van der Waals surface area (Å²) in [6, 6.07) is 4.84. The SMILES string of the molecule is Cn1c(=O)oc2cc(NC(=O)N3CC[S@@](=O)C(C)(C)C3)ccc21. The van der Waals surface area contributed by atoms with Gasteiger partial charge in [0.05, 0.1) is 10.3 Å². The van der Waals surface area contributed by atoms with Gasteiger partial charge in [-0.2, -0.15) is 0 Å². The molecule has 0 aliphatic carbocycles. The van der Waals surface area contributed by atoms with Crippen molar-refractivity contribution in [2.75, 3.05) is 24.2 Å². The second-order valence-electron chi connectivity index (χ2n) is 6.27. The lowest BCUT2D eigenvalue weighted by Gasteiger charge is -2.37. The van der Waals surface area contributed by atoms with E-state index < -0.39 is 21.3 Å². The Labute approximate surface area is 135 Å². The molecule has 0 bridgehead atoms. The summed E-state index contributed by atoms with van der Waals surface area (Å²) in [6.45, 7) is 4.69. The molecule has 1 saturated heterocycles. The Morgan fingerprint density at radius 3 is 2.83 bits per heavy atom. The second-order valence-corrected chi connectivity index (χ2v) is 8.48. The van der Waals surface area contributed by atoms with Crippen LogP contribution in [0.25, 0.3) is 11.1 Å². The Kier molecular flexibility index (Phi) is 3.79. The van der Waals surface area contributed by atoms with Gasteiger partial charge >= 0.3 is 11.8 Å². The summed E-state index contributed by atoms with van der Waals surface area (Å²) in [6.07, 6.45) is 0. The van der Waals surface area contributed by atoms with Crippen molar-refractivity contribution in [3.8, 4) is 0 Å². The van der Waals surface area contributed by atoms with Crippen LogP contribution in [-0.4, -0.2) is 43.3 Å². The van der Waals surface area contributed by atoms with Gasteiger partial charge in [-0.25, -0.2) is 9.59 Å². The number of nitrogens with zero attached hydrogens (tertiary/aromatic N) is 2. The number of aromatic nitrogens is 1. The highest BCUT2D eigenvalue weighted by Crippen LogP contribution is 2.22. The average Bonchev–Trinajstić information content (AvgIpc) is 2.76. The van der Waals surface area contributed by atoms with E-state index in [4.69, 9.17) is 4.42 Å². The fraction of sp³-hybridized carbons (Fsp3) is 0.467. The maximum absolute atomic E-state index is 12.4. The fourth-order valence-corrected chi connectivity index (χ4v) is 3.91. The maximum Gasteiger partial charge on any atom is 0.419 e. The topological polar surface area (TPSA) is 84.6 Å². The van der Waals surface area contributed by atoms with Crippen LogP contribution in [0.5, 0.6) is 0 Å². The highest BCUT2D eigenvalue weighted by Gasteiger charge is 2.35. The van der Waals surface area contributed by atoms with Gasteiger partial charge < -0.3 is 14.6 Å². The average molecular weight is 337 g/mol. The highest BCUT2D eigenvalue weighted by molar-refractivity contribution is 7.86. The summed E-state index contributed by atoms with van der Waals surface area (Å²) in [5.74, 6) is 0.0382. The smallest absolute Gasteiger partial charge is 0.408 e. The summed E-state index contributed by atoms with van der Waals surface area (Å²) in [5, 5.41) is 2.80. The number of amides is 2. The van der Waals surface area contributed by atoms with Crippen molar-refractivity contribution >= 4 is 33.6 Å². The fourth-order valence-electron chi connectivity index (χ4n) is 2.67. The molecule has 0 spiro atoms. The number of aryl methyl sites for hydroxylation is 1. The number of hydrogen-bond acceptors (Lipinski definition) is 4. The molecule has 2 heterocycles. The molecule has 2 aromatic rings. The van der Waals surface area contributed by atoms with Crippen LogP contribution in [0.2, 0.25) is 0 Å². The van der Waals surface area contributed by atoms with E-state index in [9.17, 15) is 13.8 Å². The van der Waals surface area contributed by atoms with Crippen LogP contribution in [0.3, 0.4) is 0 Å². The molecule has 1 fully saturated rings. The van der Waals surface area contributed by atoms with Crippen LogP contribution in [0.4, 0.5) is 10.5 Å². The van der Waals surface area contributed by atoms with Crippen LogP contribution >= 0.6 is 0 Å². The second kappa shape index (κ2) is 5.52. The number of anilines is 1. The van der Waals surface area contributed by atoms with Crippen LogP contribution < -0.4 is 11.1 Å². The maximum atomic E-state index is 12.4. The van der Waals surface area contributed by atoms with Crippen molar-refractivity contribution in [3.63, 3.8) is 0 Å². The van der Waals surface area contributed by atoms with Crippen LogP contribution in [0.1, 0.15) is 13.8 Å². The van der Waals surface area contributed by atoms with E-state index in [1.807, 2.05) is 13.8 Å². The number of carbonyl (C=O) groups excluding carboxylic acids is 1. The van der Waals surface area contributed by atoms with E-state index >= 15 is 0 Å². The number of urea groups is 1. The van der Waals surface area contributed by atoms with Crippen molar-refractivity contribution < 1.29 is 13.4 Å². The monoisotopic (exact) mass is 337 g/mol. The zero-order chi connectivity index (χ0) is 16.8.